The molecule has 0 aliphatic rings. The highest BCUT2D eigenvalue weighted by Gasteiger charge is 2.36. The first kappa shape index (κ1) is 21.2. The van der Waals surface area contributed by atoms with E-state index in [1.165, 1.54) is 17.0 Å². The molecular formula is C17H9F5N4O3S. The van der Waals surface area contributed by atoms with Crippen LogP contribution in [0.5, 0.6) is 0 Å². The van der Waals surface area contributed by atoms with Gasteiger partial charge in [-0.25, -0.2) is 22.2 Å². The molecule has 0 aliphatic carbocycles. The number of carbonyl (C=O) groups excluding carboxylic acids is 1. The zero-order valence-electron chi connectivity index (χ0n) is 14.5. The number of nitriles is 1. The van der Waals surface area contributed by atoms with Crippen molar-refractivity contribution >= 4 is 32.5 Å². The summed E-state index contributed by atoms with van der Waals surface area (Å²) in [5.74, 6) is -6.59. The van der Waals surface area contributed by atoms with E-state index in [9.17, 15) is 35.2 Å². The first-order valence-electron chi connectivity index (χ1n) is 7.89. The summed E-state index contributed by atoms with van der Waals surface area (Å²) in [5, 5.41) is 9.01. The lowest BCUT2D eigenvalue weighted by Crippen LogP contribution is -2.28. The molecule has 3 aromatic rings. The molecule has 0 aliphatic heterocycles. The number of halogens is 5. The number of sulfonamides is 1. The van der Waals surface area contributed by atoms with E-state index in [1.54, 1.807) is 6.07 Å². The molecule has 30 heavy (non-hydrogen) atoms. The maximum Gasteiger partial charge on any atom is 0.404 e. The highest BCUT2D eigenvalue weighted by Crippen LogP contribution is 2.28. The molecule has 2 heterocycles. The Morgan fingerprint density at radius 3 is 2.60 bits per heavy atom. The molecule has 0 bridgehead atoms. The van der Waals surface area contributed by atoms with E-state index in [0.29, 0.717) is 12.1 Å². The average molecular weight is 444 g/mol. The standard InChI is InChI=1S/C17H9F5N4O3S/c18-11-1-2-12(26-30(28,29)7-17(20,21)22)14(19)13(11)15(27)10-6-25-16-9(10)3-8(4-23)5-24-16/h1-3,5-6,26H,7H2,(H,24,25). The molecule has 13 heteroatoms. The molecule has 2 aromatic heterocycles. The van der Waals surface area contributed by atoms with Gasteiger partial charge in [-0.2, -0.15) is 18.4 Å². The summed E-state index contributed by atoms with van der Waals surface area (Å²) >= 11 is 0. The van der Waals surface area contributed by atoms with E-state index in [1.807, 2.05) is 0 Å². The third kappa shape index (κ3) is 4.23. The second-order valence-electron chi connectivity index (χ2n) is 6.02. The minimum Gasteiger partial charge on any atom is -0.345 e. The van der Waals surface area contributed by atoms with Crippen molar-refractivity contribution in [2.24, 2.45) is 0 Å². The van der Waals surface area contributed by atoms with Crippen LogP contribution in [0.25, 0.3) is 11.0 Å². The van der Waals surface area contributed by atoms with Crippen molar-refractivity contribution in [3.05, 3.63) is 58.9 Å². The molecule has 3 rings (SSSR count). The zero-order valence-corrected chi connectivity index (χ0v) is 15.3. The number of fused-ring (bicyclic) bond motifs is 1. The fourth-order valence-electron chi connectivity index (χ4n) is 2.65. The Balaban J connectivity index is 2.06. The van der Waals surface area contributed by atoms with Gasteiger partial charge in [-0.05, 0) is 18.2 Å². The third-order valence-electron chi connectivity index (χ3n) is 3.84. The summed E-state index contributed by atoms with van der Waals surface area (Å²) in [6.07, 6.45) is -2.82. The molecule has 0 fully saturated rings. The van der Waals surface area contributed by atoms with E-state index >= 15 is 0 Å². The largest absolute Gasteiger partial charge is 0.404 e. The van der Waals surface area contributed by atoms with Crippen molar-refractivity contribution in [3.8, 4) is 6.07 Å². The molecule has 0 spiro atoms. The summed E-state index contributed by atoms with van der Waals surface area (Å²) in [7, 11) is -5.07. The third-order valence-corrected chi connectivity index (χ3v) is 5.08. The van der Waals surface area contributed by atoms with Gasteiger partial charge in [0.05, 0.1) is 16.8 Å². The van der Waals surface area contributed by atoms with Crippen molar-refractivity contribution < 1.29 is 35.2 Å². The van der Waals surface area contributed by atoms with Gasteiger partial charge in [0.1, 0.15) is 17.5 Å². The van der Waals surface area contributed by atoms with E-state index in [2.05, 4.69) is 9.97 Å². The first-order valence-corrected chi connectivity index (χ1v) is 9.54. The number of benzene rings is 1. The molecule has 0 radical (unpaired) electrons. The maximum absolute atomic E-state index is 14.7. The number of nitrogens with zero attached hydrogens (tertiary/aromatic N) is 2. The van der Waals surface area contributed by atoms with Crippen LogP contribution < -0.4 is 4.72 Å². The van der Waals surface area contributed by atoms with E-state index in [4.69, 9.17) is 5.26 Å². The van der Waals surface area contributed by atoms with Gasteiger partial charge in [0.25, 0.3) is 0 Å². The second kappa shape index (κ2) is 7.38. The molecule has 1 aromatic carbocycles. The summed E-state index contributed by atoms with van der Waals surface area (Å²) in [6.45, 7) is 0. The number of ketones is 1. The molecule has 0 saturated heterocycles. The lowest BCUT2D eigenvalue weighted by Gasteiger charge is -2.13. The van der Waals surface area contributed by atoms with Gasteiger partial charge in [0.15, 0.2) is 11.6 Å². The number of pyridine rings is 1. The number of alkyl halides is 3. The van der Waals surface area contributed by atoms with Crippen molar-refractivity contribution in [1.29, 1.82) is 5.26 Å². The lowest BCUT2D eigenvalue weighted by molar-refractivity contribution is -0.106. The Morgan fingerprint density at radius 1 is 1.27 bits per heavy atom. The SMILES string of the molecule is N#Cc1cnc2[nH]cc(C(=O)c3c(F)ccc(NS(=O)(=O)CC(F)(F)F)c3F)c2c1. The fourth-order valence-corrected chi connectivity index (χ4v) is 3.64. The van der Waals surface area contributed by atoms with Crippen LogP contribution in [0.3, 0.4) is 0 Å². The summed E-state index contributed by atoms with van der Waals surface area (Å²) in [4.78, 5) is 19.2. The molecule has 0 saturated carbocycles. The number of H-pyrrole nitrogens is 1. The minimum absolute atomic E-state index is 0.0609. The number of hydrogen-bond donors (Lipinski definition) is 2. The number of hydrogen-bond acceptors (Lipinski definition) is 5. The van der Waals surface area contributed by atoms with Crippen molar-refractivity contribution in [2.45, 2.75) is 6.18 Å². The van der Waals surface area contributed by atoms with E-state index < -0.39 is 50.6 Å². The number of nitrogens with one attached hydrogen (secondary N) is 2. The Labute approximate surface area is 165 Å². The zero-order chi connectivity index (χ0) is 22.3. The normalized spacial score (nSPS) is 12.0. The van der Waals surface area contributed by atoms with Crippen LogP contribution in [0.2, 0.25) is 0 Å². The van der Waals surface area contributed by atoms with Crippen LogP contribution in [-0.2, 0) is 10.0 Å². The van der Waals surface area contributed by atoms with Gasteiger partial charge in [0.2, 0.25) is 15.8 Å². The molecule has 2 N–H and O–H groups in total. The predicted molar refractivity (Wildman–Crippen MR) is 94.1 cm³/mol. The Bertz CT molecular complexity index is 1310. The molecule has 156 valence electrons. The second-order valence-corrected chi connectivity index (χ2v) is 7.75. The first-order chi connectivity index (χ1) is 13.9. The minimum atomic E-state index is -5.10. The Hall–Kier alpha value is -3.53. The molecule has 0 unspecified atom stereocenters. The molecule has 0 atom stereocenters. The topological polar surface area (TPSA) is 116 Å². The Morgan fingerprint density at radius 2 is 1.97 bits per heavy atom. The van der Waals surface area contributed by atoms with Gasteiger partial charge in [-0.1, -0.05) is 0 Å². The van der Waals surface area contributed by atoms with Gasteiger partial charge in [-0.15, -0.1) is 0 Å². The highest BCUT2D eigenvalue weighted by molar-refractivity contribution is 7.92. The Kier molecular flexibility index (Phi) is 5.21. The van der Waals surface area contributed by atoms with Crippen molar-refractivity contribution in [1.82, 2.24) is 9.97 Å². The van der Waals surface area contributed by atoms with Crippen LogP contribution in [0.1, 0.15) is 21.5 Å². The molecule has 0 amide bonds. The van der Waals surface area contributed by atoms with Crippen LogP contribution >= 0.6 is 0 Å². The smallest absolute Gasteiger partial charge is 0.345 e. The highest BCUT2D eigenvalue weighted by atomic mass is 32.2. The number of anilines is 1. The van der Waals surface area contributed by atoms with Crippen molar-refractivity contribution in [2.75, 3.05) is 10.5 Å². The van der Waals surface area contributed by atoms with Gasteiger partial charge >= 0.3 is 6.18 Å². The van der Waals surface area contributed by atoms with Crippen LogP contribution in [0, 0.1) is 23.0 Å². The number of aromatic amines is 1. The summed E-state index contributed by atoms with van der Waals surface area (Å²) in [6, 6.07) is 4.13. The van der Waals surface area contributed by atoms with Crippen LogP contribution in [0.15, 0.2) is 30.6 Å². The van der Waals surface area contributed by atoms with Crippen LogP contribution in [-0.4, -0.2) is 36.1 Å². The number of aromatic nitrogens is 2. The van der Waals surface area contributed by atoms with Gasteiger partial charge in [-0.3, -0.25) is 9.52 Å². The van der Waals surface area contributed by atoms with Gasteiger partial charge < -0.3 is 4.98 Å². The maximum atomic E-state index is 14.7. The lowest BCUT2D eigenvalue weighted by atomic mass is 10.0. The summed E-state index contributed by atoms with van der Waals surface area (Å²) in [5.41, 5.74) is -2.29. The molecular weight excluding hydrogens is 435 g/mol. The van der Waals surface area contributed by atoms with Crippen LogP contribution in [0.4, 0.5) is 27.6 Å². The van der Waals surface area contributed by atoms with E-state index in [0.717, 1.165) is 6.20 Å². The number of rotatable bonds is 5. The summed E-state index contributed by atoms with van der Waals surface area (Å²) < 4.78 is 90.6. The number of carbonyl (C=O) groups is 1. The monoisotopic (exact) mass is 444 g/mol. The fraction of sp³-hybridized carbons (Fsp3) is 0.118. The van der Waals surface area contributed by atoms with E-state index in [-0.39, 0.29) is 22.2 Å². The predicted octanol–water partition coefficient (Wildman–Crippen LogP) is 3.25. The average Bonchev–Trinajstić information content (AvgIpc) is 3.05. The van der Waals surface area contributed by atoms with Gasteiger partial charge in [0, 0.05) is 23.3 Å². The quantitative estimate of drug-likeness (QED) is 0.463. The molecule has 7 nitrogen and oxygen atoms in total. The van der Waals surface area contributed by atoms with Crippen molar-refractivity contribution in [3.63, 3.8) is 0 Å².